The summed E-state index contributed by atoms with van der Waals surface area (Å²) in [5.74, 6) is 0.0400. The van der Waals surface area contributed by atoms with Crippen molar-refractivity contribution >= 4 is 24.7 Å². The zero-order chi connectivity index (χ0) is 14.9. The van der Waals surface area contributed by atoms with Gasteiger partial charge in [0.1, 0.15) is 17.4 Å². The molecule has 0 saturated heterocycles. The maximum atomic E-state index is 11.7. The lowest BCUT2D eigenvalue weighted by Gasteiger charge is -2.13. The topological polar surface area (TPSA) is 91.3 Å². The average molecular weight is 289 g/mol. The molecule has 0 saturated carbocycles. The van der Waals surface area contributed by atoms with E-state index in [0.717, 1.165) is 5.56 Å². The minimum absolute atomic E-state index is 0.0400. The van der Waals surface area contributed by atoms with Gasteiger partial charge in [-0.3, -0.25) is 4.57 Å². The van der Waals surface area contributed by atoms with Gasteiger partial charge in [0.05, 0.1) is 5.30 Å². The second-order valence-electron chi connectivity index (χ2n) is 4.25. The molecule has 0 amide bonds. The van der Waals surface area contributed by atoms with Gasteiger partial charge in [-0.1, -0.05) is 13.8 Å². The molecule has 1 aromatic carbocycles. The third-order valence-corrected chi connectivity index (χ3v) is 3.91. The van der Waals surface area contributed by atoms with E-state index in [1.54, 1.807) is 6.07 Å². The molecule has 0 atom stereocenters. The fraction of sp³-hybridized carbons (Fsp3) is 0.286. The maximum absolute atomic E-state index is 11.7. The molecular formula is C14H12NO4P. The Labute approximate surface area is 116 Å². The normalized spacial score (nSPS) is 10.8. The van der Waals surface area contributed by atoms with Crippen molar-refractivity contribution < 1.29 is 14.1 Å². The van der Waals surface area contributed by atoms with Crippen LogP contribution in [-0.4, -0.2) is 5.11 Å². The quantitative estimate of drug-likeness (QED) is 0.692. The molecule has 0 radical (unpaired) electrons. The standard InChI is InChI=1S/C14H12NO4P/c1-3-7-8(4-2)12-11(5-10(7)16)19-14(17)9(6-15)13(12)20-18/h5,16H,3-4H2,1-2H3. The number of fused-ring (bicyclic) bond motifs is 1. The monoisotopic (exact) mass is 289 g/mol. The number of hydrogen-bond acceptors (Lipinski definition) is 5. The molecule has 0 fully saturated rings. The number of rotatable bonds is 3. The summed E-state index contributed by atoms with van der Waals surface area (Å²) >= 11 is 0. The Morgan fingerprint density at radius 3 is 2.50 bits per heavy atom. The van der Waals surface area contributed by atoms with Gasteiger partial charge in [-0.25, -0.2) is 4.79 Å². The second-order valence-corrected chi connectivity index (χ2v) is 4.88. The van der Waals surface area contributed by atoms with Crippen molar-refractivity contribution in [3.63, 3.8) is 0 Å². The Morgan fingerprint density at radius 1 is 1.35 bits per heavy atom. The van der Waals surface area contributed by atoms with Gasteiger partial charge in [-0.2, -0.15) is 5.26 Å². The smallest absolute Gasteiger partial charge is 0.355 e. The highest BCUT2D eigenvalue weighted by molar-refractivity contribution is 7.35. The molecule has 1 heterocycles. The molecule has 102 valence electrons. The van der Waals surface area contributed by atoms with Crippen LogP contribution in [0.2, 0.25) is 0 Å². The van der Waals surface area contributed by atoms with Crippen molar-refractivity contribution in [3.05, 3.63) is 33.2 Å². The van der Waals surface area contributed by atoms with Crippen molar-refractivity contribution in [3.8, 4) is 11.8 Å². The number of phenolic OH excluding ortho intramolecular Hbond substituents is 1. The van der Waals surface area contributed by atoms with E-state index < -0.39 is 14.1 Å². The van der Waals surface area contributed by atoms with Crippen molar-refractivity contribution in [1.82, 2.24) is 0 Å². The van der Waals surface area contributed by atoms with E-state index in [0.29, 0.717) is 23.8 Å². The highest BCUT2D eigenvalue weighted by Crippen LogP contribution is 2.31. The highest BCUT2D eigenvalue weighted by Gasteiger charge is 2.20. The zero-order valence-corrected chi connectivity index (χ0v) is 12.0. The number of benzene rings is 1. The molecule has 0 unspecified atom stereocenters. The van der Waals surface area contributed by atoms with Gasteiger partial charge in [0.15, 0.2) is 14.0 Å². The van der Waals surface area contributed by atoms with Crippen LogP contribution in [0.1, 0.15) is 30.5 Å². The van der Waals surface area contributed by atoms with E-state index in [4.69, 9.17) is 9.68 Å². The predicted molar refractivity (Wildman–Crippen MR) is 74.9 cm³/mol. The summed E-state index contributed by atoms with van der Waals surface area (Å²) in [7, 11) is -0.415. The van der Waals surface area contributed by atoms with Gasteiger partial charge in [0.25, 0.3) is 0 Å². The molecule has 5 nitrogen and oxygen atoms in total. The molecule has 6 heteroatoms. The first-order valence-corrected chi connectivity index (χ1v) is 6.98. The van der Waals surface area contributed by atoms with E-state index in [2.05, 4.69) is 0 Å². The van der Waals surface area contributed by atoms with Gasteiger partial charge in [0, 0.05) is 11.5 Å². The first-order chi connectivity index (χ1) is 9.58. The molecular weight excluding hydrogens is 277 g/mol. The molecule has 0 aliphatic heterocycles. The number of aromatic hydroxyl groups is 1. The summed E-state index contributed by atoms with van der Waals surface area (Å²) in [5.41, 5.74) is 0.517. The largest absolute Gasteiger partial charge is 0.508 e. The zero-order valence-electron chi connectivity index (χ0n) is 11.1. The Morgan fingerprint density at radius 2 is 2.00 bits per heavy atom. The molecule has 0 bridgehead atoms. The van der Waals surface area contributed by atoms with Crippen molar-refractivity contribution in [1.29, 1.82) is 5.26 Å². The van der Waals surface area contributed by atoms with Crippen molar-refractivity contribution in [2.45, 2.75) is 26.7 Å². The van der Waals surface area contributed by atoms with E-state index in [1.165, 1.54) is 6.07 Å². The van der Waals surface area contributed by atoms with Crippen LogP contribution in [0.4, 0.5) is 0 Å². The molecule has 1 N–H and O–H groups in total. The third-order valence-electron chi connectivity index (χ3n) is 3.28. The Bertz CT molecular complexity index is 802. The molecule has 2 rings (SSSR count). The molecule has 2 aromatic rings. The highest BCUT2D eigenvalue weighted by atomic mass is 31.1. The lowest BCUT2D eigenvalue weighted by molar-refractivity contribution is 0.465. The lowest BCUT2D eigenvalue weighted by atomic mass is 9.96. The fourth-order valence-electron chi connectivity index (χ4n) is 2.42. The van der Waals surface area contributed by atoms with Crippen molar-refractivity contribution in [2.75, 3.05) is 0 Å². The Balaban J connectivity index is 3.13. The summed E-state index contributed by atoms with van der Waals surface area (Å²) in [6.45, 7) is 3.77. The molecule has 1 aromatic heterocycles. The van der Waals surface area contributed by atoms with E-state index in [-0.39, 0.29) is 22.2 Å². The minimum atomic E-state index is -0.843. The van der Waals surface area contributed by atoms with Gasteiger partial charge < -0.3 is 9.52 Å². The van der Waals surface area contributed by atoms with Crippen LogP contribution in [0.3, 0.4) is 0 Å². The molecule has 0 aliphatic carbocycles. The van der Waals surface area contributed by atoms with Crippen LogP contribution >= 0.6 is 8.46 Å². The summed E-state index contributed by atoms with van der Waals surface area (Å²) in [6, 6.07) is 3.07. The van der Waals surface area contributed by atoms with Crippen LogP contribution < -0.4 is 10.9 Å². The van der Waals surface area contributed by atoms with Gasteiger partial charge in [0.2, 0.25) is 0 Å². The summed E-state index contributed by atoms with van der Waals surface area (Å²) in [6.07, 6.45) is 1.15. The average Bonchev–Trinajstić information content (AvgIpc) is 2.44. The predicted octanol–water partition coefficient (Wildman–Crippen LogP) is 2.41. The molecule has 0 aliphatic rings. The fourth-order valence-corrected chi connectivity index (χ4v) is 2.99. The minimum Gasteiger partial charge on any atom is -0.508 e. The SMILES string of the molecule is CCc1c(O)cc2oc(=O)c(C#N)c(P=O)c2c1CC. The molecule has 20 heavy (non-hydrogen) atoms. The summed E-state index contributed by atoms with van der Waals surface area (Å²) in [5, 5.41) is 19.6. The van der Waals surface area contributed by atoms with Crippen LogP contribution in [-0.2, 0) is 17.4 Å². The lowest BCUT2D eigenvalue weighted by Crippen LogP contribution is -2.17. The first kappa shape index (κ1) is 14.2. The van der Waals surface area contributed by atoms with Crippen LogP contribution in [0.5, 0.6) is 5.75 Å². The third kappa shape index (κ3) is 1.99. The van der Waals surface area contributed by atoms with E-state index in [9.17, 15) is 14.5 Å². The molecule has 0 spiro atoms. The van der Waals surface area contributed by atoms with Crippen LogP contribution in [0, 0.1) is 11.3 Å². The van der Waals surface area contributed by atoms with Crippen molar-refractivity contribution in [2.24, 2.45) is 0 Å². The van der Waals surface area contributed by atoms with Crippen LogP contribution in [0.25, 0.3) is 11.0 Å². The number of aryl methyl sites for hydroxylation is 1. The van der Waals surface area contributed by atoms with Gasteiger partial charge in [-0.05, 0) is 24.0 Å². The maximum Gasteiger partial charge on any atom is 0.355 e. The Kier molecular flexibility index (Phi) is 3.87. The Hall–Kier alpha value is -2.18. The number of phenols is 1. The van der Waals surface area contributed by atoms with Gasteiger partial charge in [-0.15, -0.1) is 0 Å². The number of nitrogens with zero attached hydrogens (tertiary/aromatic N) is 1. The van der Waals surface area contributed by atoms with Gasteiger partial charge >= 0.3 is 5.63 Å². The summed E-state index contributed by atoms with van der Waals surface area (Å²) in [4.78, 5) is 11.7. The van der Waals surface area contributed by atoms with Crippen LogP contribution in [0.15, 0.2) is 15.3 Å². The second kappa shape index (κ2) is 5.44. The number of hydrogen-bond donors (Lipinski definition) is 1. The summed E-state index contributed by atoms with van der Waals surface area (Å²) < 4.78 is 16.5. The van der Waals surface area contributed by atoms with E-state index >= 15 is 0 Å². The number of nitriles is 1. The first-order valence-electron chi connectivity index (χ1n) is 6.16. The van der Waals surface area contributed by atoms with E-state index in [1.807, 2.05) is 13.8 Å².